The lowest BCUT2D eigenvalue weighted by atomic mass is 10.0. The number of benzene rings is 1. The highest BCUT2D eigenvalue weighted by Crippen LogP contribution is 2.32. The summed E-state index contributed by atoms with van der Waals surface area (Å²) in [4.78, 5) is 21.5. The predicted molar refractivity (Wildman–Crippen MR) is 87.6 cm³/mol. The Kier molecular flexibility index (Phi) is 4.64. The van der Waals surface area contributed by atoms with E-state index in [0.29, 0.717) is 12.4 Å². The van der Waals surface area contributed by atoms with Crippen LogP contribution in [0.4, 0.5) is 8.78 Å². The zero-order chi connectivity index (χ0) is 17.2. The van der Waals surface area contributed by atoms with Crippen LogP contribution < -0.4 is 0 Å². The molecular formula is C18H21F2N3O. The van der Waals surface area contributed by atoms with Gasteiger partial charge in [-0.15, -0.1) is 0 Å². The number of carbonyl (C=O) groups is 1. The molecule has 3 rings (SSSR count). The Bertz CT molecular complexity index is 694. The lowest BCUT2D eigenvalue weighted by Crippen LogP contribution is -2.41. The van der Waals surface area contributed by atoms with Crippen molar-refractivity contribution in [1.82, 2.24) is 14.9 Å². The molecule has 128 valence electrons. The van der Waals surface area contributed by atoms with Gasteiger partial charge in [0.25, 0.3) is 5.92 Å². The van der Waals surface area contributed by atoms with Gasteiger partial charge in [0, 0.05) is 6.54 Å². The fourth-order valence-corrected chi connectivity index (χ4v) is 3.15. The Labute approximate surface area is 139 Å². The van der Waals surface area contributed by atoms with E-state index in [-0.39, 0.29) is 6.04 Å². The molecule has 1 aromatic heterocycles. The van der Waals surface area contributed by atoms with Crippen LogP contribution in [-0.2, 0) is 4.79 Å². The normalized spacial score (nSPS) is 18.6. The van der Waals surface area contributed by atoms with Crippen molar-refractivity contribution in [1.29, 1.82) is 0 Å². The Balaban J connectivity index is 1.81. The van der Waals surface area contributed by atoms with Crippen LogP contribution in [0, 0.1) is 0 Å². The summed E-state index contributed by atoms with van der Waals surface area (Å²) in [6.45, 7) is 1.28. The minimum absolute atomic E-state index is 0.258. The fraction of sp³-hybridized carbons (Fsp3) is 0.444. The Morgan fingerprint density at radius 2 is 2.08 bits per heavy atom. The SMILES string of the molecule is CC(F)(F)CC(=O)N1CCCC[C@H]1c1ncc(-c2ccccc2)[nH]1. The summed E-state index contributed by atoms with van der Waals surface area (Å²) in [6.07, 6.45) is 3.51. The van der Waals surface area contributed by atoms with Crippen LogP contribution in [-0.4, -0.2) is 33.2 Å². The summed E-state index contributed by atoms with van der Waals surface area (Å²) >= 11 is 0. The highest BCUT2D eigenvalue weighted by Gasteiger charge is 2.34. The molecule has 1 N–H and O–H groups in total. The Morgan fingerprint density at radius 3 is 2.79 bits per heavy atom. The van der Waals surface area contributed by atoms with Crippen LogP contribution in [0.15, 0.2) is 36.5 Å². The molecule has 0 saturated carbocycles. The monoisotopic (exact) mass is 333 g/mol. The number of aromatic amines is 1. The molecule has 6 heteroatoms. The number of piperidine rings is 1. The number of carbonyl (C=O) groups excluding carboxylic acids is 1. The van der Waals surface area contributed by atoms with Crippen molar-refractivity contribution in [2.75, 3.05) is 6.54 Å². The molecular weight excluding hydrogens is 312 g/mol. The van der Waals surface area contributed by atoms with Crippen molar-refractivity contribution >= 4 is 5.91 Å². The van der Waals surface area contributed by atoms with Crippen molar-refractivity contribution < 1.29 is 13.6 Å². The molecule has 0 aliphatic carbocycles. The molecule has 1 aliphatic heterocycles. The number of aromatic nitrogens is 2. The molecule has 24 heavy (non-hydrogen) atoms. The third-order valence-corrected chi connectivity index (χ3v) is 4.28. The number of imidazole rings is 1. The zero-order valence-corrected chi connectivity index (χ0v) is 13.6. The van der Waals surface area contributed by atoms with E-state index in [2.05, 4.69) is 9.97 Å². The number of amides is 1. The third-order valence-electron chi connectivity index (χ3n) is 4.28. The van der Waals surface area contributed by atoms with Crippen LogP contribution in [0.25, 0.3) is 11.3 Å². The fourth-order valence-electron chi connectivity index (χ4n) is 3.15. The van der Waals surface area contributed by atoms with Crippen LogP contribution >= 0.6 is 0 Å². The van der Waals surface area contributed by atoms with Gasteiger partial charge >= 0.3 is 0 Å². The van der Waals surface area contributed by atoms with Crippen LogP contribution in [0.5, 0.6) is 0 Å². The standard InChI is InChI=1S/C18H21F2N3O/c1-18(19,20)11-16(24)23-10-6-5-9-15(23)17-21-12-14(22-17)13-7-3-2-4-8-13/h2-4,7-8,12,15H,5-6,9-11H2,1H3,(H,21,22)/t15-/m0/s1. The smallest absolute Gasteiger partial charge is 0.254 e. The van der Waals surface area contributed by atoms with E-state index < -0.39 is 18.3 Å². The lowest BCUT2D eigenvalue weighted by Gasteiger charge is -2.35. The van der Waals surface area contributed by atoms with Crippen molar-refractivity contribution in [2.45, 2.75) is 44.6 Å². The highest BCUT2D eigenvalue weighted by atomic mass is 19.3. The second kappa shape index (κ2) is 6.71. The van der Waals surface area contributed by atoms with Gasteiger partial charge in [-0.25, -0.2) is 13.8 Å². The number of alkyl halides is 2. The molecule has 1 atom stereocenters. The second-order valence-corrected chi connectivity index (χ2v) is 6.39. The minimum Gasteiger partial charge on any atom is -0.340 e. The molecule has 0 unspecified atom stereocenters. The van der Waals surface area contributed by atoms with Crippen molar-refractivity contribution in [2.24, 2.45) is 0 Å². The average molecular weight is 333 g/mol. The summed E-state index contributed by atoms with van der Waals surface area (Å²) in [5.74, 6) is -2.83. The summed E-state index contributed by atoms with van der Waals surface area (Å²) in [5.41, 5.74) is 1.87. The van der Waals surface area contributed by atoms with Gasteiger partial charge in [0.05, 0.1) is 24.4 Å². The average Bonchev–Trinajstić information content (AvgIpc) is 3.04. The quantitative estimate of drug-likeness (QED) is 0.912. The molecule has 0 radical (unpaired) electrons. The molecule has 1 amide bonds. The minimum atomic E-state index is -2.99. The number of rotatable bonds is 4. The molecule has 1 fully saturated rings. The van der Waals surface area contributed by atoms with Crippen molar-refractivity contribution in [3.05, 3.63) is 42.4 Å². The number of nitrogens with zero attached hydrogens (tertiary/aromatic N) is 2. The number of halogens is 2. The van der Waals surface area contributed by atoms with Gasteiger partial charge in [0.15, 0.2) is 0 Å². The van der Waals surface area contributed by atoms with Crippen LogP contribution in [0.3, 0.4) is 0 Å². The molecule has 0 spiro atoms. The maximum atomic E-state index is 13.2. The second-order valence-electron chi connectivity index (χ2n) is 6.39. The van der Waals surface area contributed by atoms with Gasteiger partial charge in [-0.05, 0) is 31.7 Å². The maximum Gasteiger partial charge on any atom is 0.254 e. The van der Waals surface area contributed by atoms with Gasteiger partial charge in [-0.1, -0.05) is 30.3 Å². The molecule has 4 nitrogen and oxygen atoms in total. The van der Waals surface area contributed by atoms with Crippen LogP contribution in [0.1, 0.15) is 44.5 Å². The summed E-state index contributed by atoms with van der Waals surface area (Å²) in [6, 6.07) is 9.50. The van der Waals surface area contributed by atoms with Gasteiger partial charge in [-0.2, -0.15) is 0 Å². The molecule has 1 aromatic carbocycles. The van der Waals surface area contributed by atoms with E-state index >= 15 is 0 Å². The summed E-state index contributed by atoms with van der Waals surface area (Å²) in [5, 5.41) is 0. The van der Waals surface area contributed by atoms with E-state index in [1.165, 1.54) is 0 Å². The van der Waals surface area contributed by atoms with E-state index in [1.54, 1.807) is 11.1 Å². The number of likely N-dealkylation sites (tertiary alicyclic amines) is 1. The number of hydrogen-bond acceptors (Lipinski definition) is 2. The van der Waals surface area contributed by atoms with E-state index in [0.717, 1.165) is 37.4 Å². The number of H-pyrrole nitrogens is 1. The first kappa shape index (κ1) is 16.6. The Morgan fingerprint density at radius 1 is 1.33 bits per heavy atom. The van der Waals surface area contributed by atoms with Crippen LogP contribution in [0.2, 0.25) is 0 Å². The molecule has 1 saturated heterocycles. The topological polar surface area (TPSA) is 49.0 Å². The van der Waals surface area contributed by atoms with Gasteiger partial charge in [0.1, 0.15) is 5.82 Å². The number of nitrogens with one attached hydrogen (secondary N) is 1. The van der Waals surface area contributed by atoms with Gasteiger partial charge < -0.3 is 9.88 Å². The van der Waals surface area contributed by atoms with Gasteiger partial charge in [0.2, 0.25) is 5.91 Å². The lowest BCUT2D eigenvalue weighted by molar-refractivity contribution is -0.141. The first-order valence-electron chi connectivity index (χ1n) is 8.22. The highest BCUT2D eigenvalue weighted by molar-refractivity contribution is 5.77. The summed E-state index contributed by atoms with van der Waals surface area (Å²) in [7, 11) is 0. The molecule has 2 heterocycles. The molecule has 2 aromatic rings. The van der Waals surface area contributed by atoms with Gasteiger partial charge in [-0.3, -0.25) is 4.79 Å². The maximum absolute atomic E-state index is 13.2. The predicted octanol–water partition coefficient (Wildman–Crippen LogP) is 4.18. The largest absolute Gasteiger partial charge is 0.340 e. The first-order valence-corrected chi connectivity index (χ1v) is 8.22. The van der Waals surface area contributed by atoms with E-state index in [4.69, 9.17) is 0 Å². The number of hydrogen-bond donors (Lipinski definition) is 1. The van der Waals surface area contributed by atoms with Crippen molar-refractivity contribution in [3.63, 3.8) is 0 Å². The summed E-state index contributed by atoms with van der Waals surface area (Å²) < 4.78 is 26.4. The van der Waals surface area contributed by atoms with Crippen molar-refractivity contribution in [3.8, 4) is 11.3 Å². The zero-order valence-electron chi connectivity index (χ0n) is 13.6. The third kappa shape index (κ3) is 3.80. The molecule has 1 aliphatic rings. The molecule has 0 bridgehead atoms. The Hall–Kier alpha value is -2.24. The van der Waals surface area contributed by atoms with E-state index in [1.807, 2.05) is 30.3 Å². The first-order chi connectivity index (χ1) is 11.4. The van der Waals surface area contributed by atoms with E-state index in [9.17, 15) is 13.6 Å².